The van der Waals surface area contributed by atoms with Crippen molar-refractivity contribution >= 4 is 39.1 Å². The van der Waals surface area contributed by atoms with Gasteiger partial charge in [-0.2, -0.15) is 4.31 Å². The van der Waals surface area contributed by atoms with Gasteiger partial charge in [-0.1, -0.05) is 28.4 Å². The molecule has 28 heavy (non-hydrogen) atoms. The van der Waals surface area contributed by atoms with E-state index in [2.05, 4.69) is 10.3 Å². The zero-order valence-corrected chi connectivity index (χ0v) is 17.5. The second kappa shape index (κ2) is 7.29. The molecule has 2 aliphatic rings. The van der Waals surface area contributed by atoms with E-state index >= 15 is 0 Å². The first-order chi connectivity index (χ1) is 13.3. The molecule has 0 spiro atoms. The van der Waals surface area contributed by atoms with Crippen LogP contribution in [0.25, 0.3) is 0 Å². The number of nitrogens with zero attached hydrogens (tertiary/aromatic N) is 5. The summed E-state index contributed by atoms with van der Waals surface area (Å²) in [4.78, 5) is 13.5. The molecule has 4 rings (SSSR count). The Hall–Kier alpha value is -1.68. The number of aromatic nitrogens is 3. The van der Waals surface area contributed by atoms with E-state index in [4.69, 9.17) is 23.2 Å². The monoisotopic (exact) mass is 443 g/mol. The van der Waals surface area contributed by atoms with Gasteiger partial charge in [0.2, 0.25) is 15.9 Å². The zero-order valence-electron chi connectivity index (χ0n) is 15.2. The predicted octanol–water partition coefficient (Wildman–Crippen LogP) is 2.26. The SMILES string of the molecule is Cc1cc(S(=O)(=O)N2CC(n3cc(CN4CCCC4=O)nn3)C2)c(Cl)cc1Cl. The van der Waals surface area contributed by atoms with Gasteiger partial charge in [0.15, 0.2) is 0 Å². The largest absolute Gasteiger partial charge is 0.337 e. The quantitative estimate of drug-likeness (QED) is 0.706. The summed E-state index contributed by atoms with van der Waals surface area (Å²) in [6.45, 7) is 3.48. The maximum Gasteiger partial charge on any atom is 0.244 e. The molecule has 150 valence electrons. The Labute approximate surface area is 173 Å². The molecule has 2 aliphatic heterocycles. The summed E-state index contributed by atoms with van der Waals surface area (Å²) >= 11 is 12.1. The lowest BCUT2D eigenvalue weighted by atomic mass is 10.2. The lowest BCUT2D eigenvalue weighted by Gasteiger charge is -2.37. The number of benzene rings is 1. The highest BCUT2D eigenvalue weighted by Crippen LogP contribution is 2.34. The molecule has 0 bridgehead atoms. The molecule has 8 nitrogen and oxygen atoms in total. The van der Waals surface area contributed by atoms with Crippen molar-refractivity contribution in [2.24, 2.45) is 0 Å². The van der Waals surface area contributed by atoms with Crippen LogP contribution in [0.1, 0.15) is 30.1 Å². The Morgan fingerprint density at radius 1 is 1.21 bits per heavy atom. The Kier molecular flexibility index (Phi) is 5.11. The molecule has 0 radical (unpaired) electrons. The fourth-order valence-electron chi connectivity index (χ4n) is 3.38. The van der Waals surface area contributed by atoms with Crippen LogP contribution in [0, 0.1) is 6.92 Å². The van der Waals surface area contributed by atoms with Gasteiger partial charge in [0.1, 0.15) is 10.6 Å². The highest BCUT2D eigenvalue weighted by atomic mass is 35.5. The minimum Gasteiger partial charge on any atom is -0.337 e. The van der Waals surface area contributed by atoms with Crippen molar-refractivity contribution in [1.82, 2.24) is 24.2 Å². The molecular formula is C17H19Cl2N5O3S. The first-order valence-corrected chi connectivity index (χ1v) is 11.1. The van der Waals surface area contributed by atoms with Gasteiger partial charge >= 0.3 is 0 Å². The third-order valence-corrected chi connectivity index (χ3v) is 7.82. The van der Waals surface area contributed by atoms with Crippen molar-refractivity contribution in [2.45, 2.75) is 37.2 Å². The lowest BCUT2D eigenvalue weighted by Crippen LogP contribution is -2.50. The van der Waals surface area contributed by atoms with Crippen molar-refractivity contribution in [3.8, 4) is 0 Å². The van der Waals surface area contributed by atoms with E-state index in [9.17, 15) is 13.2 Å². The number of aryl methyl sites for hydroxylation is 1. The van der Waals surface area contributed by atoms with Crippen molar-refractivity contribution in [3.63, 3.8) is 0 Å². The summed E-state index contributed by atoms with van der Waals surface area (Å²) in [5.74, 6) is 0.130. The van der Waals surface area contributed by atoms with Gasteiger partial charge < -0.3 is 4.90 Å². The van der Waals surface area contributed by atoms with E-state index in [1.165, 1.54) is 16.4 Å². The van der Waals surface area contributed by atoms with E-state index in [1.54, 1.807) is 22.7 Å². The average molecular weight is 444 g/mol. The molecular weight excluding hydrogens is 425 g/mol. The standard InChI is InChI=1S/C17H19Cl2N5O3S/c1-11-5-16(15(19)6-14(11)18)28(26,27)23-9-13(10-23)24-8-12(20-21-24)7-22-4-2-3-17(22)25/h5-6,8,13H,2-4,7,9-10H2,1H3. The van der Waals surface area contributed by atoms with E-state index in [1.807, 2.05) is 0 Å². The molecule has 0 N–H and O–H groups in total. The maximum absolute atomic E-state index is 12.9. The third kappa shape index (κ3) is 3.52. The second-order valence-electron chi connectivity index (χ2n) is 7.12. The van der Waals surface area contributed by atoms with Gasteiger partial charge in [-0.15, -0.1) is 5.10 Å². The minimum absolute atomic E-state index is 0.0568. The fourth-order valence-corrected chi connectivity index (χ4v) is 5.70. The minimum atomic E-state index is -3.70. The molecule has 1 aromatic carbocycles. The topological polar surface area (TPSA) is 88.4 Å². The van der Waals surface area contributed by atoms with Crippen LogP contribution in [0.5, 0.6) is 0 Å². The lowest BCUT2D eigenvalue weighted by molar-refractivity contribution is -0.128. The summed E-state index contributed by atoms with van der Waals surface area (Å²) in [7, 11) is -3.70. The summed E-state index contributed by atoms with van der Waals surface area (Å²) in [5.41, 5.74) is 1.35. The molecule has 1 aromatic heterocycles. The summed E-state index contributed by atoms with van der Waals surface area (Å²) in [5, 5.41) is 8.75. The van der Waals surface area contributed by atoms with E-state index in [0.717, 1.165) is 13.0 Å². The van der Waals surface area contributed by atoms with Crippen LogP contribution < -0.4 is 0 Å². The predicted molar refractivity (Wildman–Crippen MR) is 104 cm³/mol. The molecule has 3 heterocycles. The van der Waals surface area contributed by atoms with Crippen LogP contribution >= 0.6 is 23.2 Å². The van der Waals surface area contributed by atoms with E-state index in [-0.39, 0.29) is 35.0 Å². The van der Waals surface area contributed by atoms with Gasteiger partial charge in [-0.25, -0.2) is 13.1 Å². The number of amides is 1. The number of carbonyl (C=O) groups excluding carboxylic acids is 1. The highest BCUT2D eigenvalue weighted by Gasteiger charge is 2.39. The second-order valence-corrected chi connectivity index (χ2v) is 9.84. The molecule has 1 amide bonds. The maximum atomic E-state index is 12.9. The molecule has 0 aliphatic carbocycles. The van der Waals surface area contributed by atoms with Gasteiger partial charge in [0, 0.05) is 31.1 Å². The summed E-state index contributed by atoms with van der Waals surface area (Å²) in [6, 6.07) is 2.84. The highest BCUT2D eigenvalue weighted by molar-refractivity contribution is 7.89. The number of halogens is 2. The number of hydrogen-bond acceptors (Lipinski definition) is 5. The van der Waals surface area contributed by atoms with E-state index < -0.39 is 10.0 Å². The molecule has 2 saturated heterocycles. The zero-order chi connectivity index (χ0) is 20.1. The molecule has 2 aromatic rings. The van der Waals surface area contributed by atoms with E-state index in [0.29, 0.717) is 29.2 Å². The van der Waals surface area contributed by atoms with Crippen LogP contribution in [-0.2, 0) is 21.4 Å². The average Bonchev–Trinajstić information content (AvgIpc) is 3.19. The number of rotatable bonds is 5. The summed E-state index contributed by atoms with van der Waals surface area (Å²) in [6.07, 6.45) is 3.23. The number of hydrogen-bond donors (Lipinski definition) is 0. The normalized spacial score (nSPS) is 18.7. The van der Waals surface area contributed by atoms with Crippen molar-refractivity contribution in [1.29, 1.82) is 0 Å². The van der Waals surface area contributed by atoms with Crippen molar-refractivity contribution in [3.05, 3.63) is 39.6 Å². The van der Waals surface area contributed by atoms with Gasteiger partial charge in [-0.05, 0) is 31.0 Å². The van der Waals surface area contributed by atoms with Crippen LogP contribution in [0.3, 0.4) is 0 Å². The fraction of sp³-hybridized carbons (Fsp3) is 0.471. The number of likely N-dealkylation sites (tertiary alicyclic amines) is 1. The third-order valence-electron chi connectivity index (χ3n) is 5.12. The molecule has 0 atom stereocenters. The van der Waals surface area contributed by atoms with Gasteiger partial charge in [0.25, 0.3) is 0 Å². The Bertz CT molecular complexity index is 1030. The molecule has 0 saturated carbocycles. The Morgan fingerprint density at radius 3 is 2.64 bits per heavy atom. The van der Waals surface area contributed by atoms with Crippen molar-refractivity contribution < 1.29 is 13.2 Å². The van der Waals surface area contributed by atoms with Crippen LogP contribution in [0.4, 0.5) is 0 Å². The summed E-state index contributed by atoms with van der Waals surface area (Å²) < 4.78 is 28.7. The molecule has 2 fully saturated rings. The van der Waals surface area contributed by atoms with Crippen LogP contribution in [0.2, 0.25) is 10.0 Å². The van der Waals surface area contributed by atoms with Crippen molar-refractivity contribution in [2.75, 3.05) is 19.6 Å². The smallest absolute Gasteiger partial charge is 0.244 e. The number of carbonyl (C=O) groups is 1. The first-order valence-electron chi connectivity index (χ1n) is 8.90. The number of sulfonamides is 1. The first kappa shape index (κ1) is 19.6. The Balaban J connectivity index is 1.43. The van der Waals surface area contributed by atoms with Gasteiger partial charge in [-0.3, -0.25) is 4.79 Å². The van der Waals surface area contributed by atoms with Crippen LogP contribution in [-0.4, -0.2) is 58.2 Å². The van der Waals surface area contributed by atoms with Crippen LogP contribution in [0.15, 0.2) is 23.2 Å². The molecule has 0 unspecified atom stereocenters. The molecule has 11 heteroatoms. The Morgan fingerprint density at radius 2 is 1.96 bits per heavy atom. The van der Waals surface area contributed by atoms with Gasteiger partial charge in [0.05, 0.1) is 23.8 Å².